The zero-order valence-electron chi connectivity index (χ0n) is 13.2. The molecule has 0 bridgehead atoms. The number of hydrogen-bond donors (Lipinski definition) is 0. The van der Waals surface area contributed by atoms with Gasteiger partial charge in [0.25, 0.3) is 0 Å². The number of nitriles is 1. The average Bonchev–Trinajstić information content (AvgIpc) is 2.66. The van der Waals surface area contributed by atoms with E-state index in [1.807, 2.05) is 66.7 Å². The van der Waals surface area contributed by atoms with Crippen molar-refractivity contribution in [1.82, 2.24) is 0 Å². The van der Waals surface area contributed by atoms with Crippen LogP contribution in [0.15, 0.2) is 66.7 Å². The minimum Gasteiger partial charge on any atom is -0.496 e. The largest absolute Gasteiger partial charge is 0.496 e. The van der Waals surface area contributed by atoms with Crippen molar-refractivity contribution in [3.8, 4) is 22.9 Å². The van der Waals surface area contributed by atoms with Gasteiger partial charge < -0.3 is 4.74 Å². The second-order valence-corrected chi connectivity index (χ2v) is 5.60. The Balaban J connectivity index is 2.13. The van der Waals surface area contributed by atoms with Crippen LogP contribution in [-0.4, -0.2) is 7.11 Å². The van der Waals surface area contributed by atoms with Crippen molar-refractivity contribution >= 4 is 21.5 Å². The molecule has 0 heterocycles. The molecule has 0 atom stereocenters. The SMILES string of the molecule is COc1cccc2cc[c]c(-c3ccc4ccccc4c3C#N)c12. The van der Waals surface area contributed by atoms with Crippen LogP contribution in [0.4, 0.5) is 0 Å². The monoisotopic (exact) mass is 308 g/mol. The normalized spacial score (nSPS) is 10.7. The van der Waals surface area contributed by atoms with E-state index in [9.17, 15) is 5.26 Å². The van der Waals surface area contributed by atoms with Crippen LogP contribution in [0.5, 0.6) is 5.75 Å². The fraction of sp³-hybridized carbons (Fsp3) is 0.0455. The lowest BCUT2D eigenvalue weighted by molar-refractivity contribution is 0.420. The van der Waals surface area contributed by atoms with Crippen molar-refractivity contribution in [2.24, 2.45) is 0 Å². The third-order valence-electron chi connectivity index (χ3n) is 4.33. The Morgan fingerprint density at radius 1 is 0.917 bits per heavy atom. The molecular formula is C22H14NO. The van der Waals surface area contributed by atoms with E-state index in [0.717, 1.165) is 38.4 Å². The molecule has 0 aromatic heterocycles. The first-order valence-corrected chi connectivity index (χ1v) is 7.73. The zero-order chi connectivity index (χ0) is 16.5. The van der Waals surface area contributed by atoms with Gasteiger partial charge in [-0.25, -0.2) is 0 Å². The van der Waals surface area contributed by atoms with E-state index in [0.29, 0.717) is 5.56 Å². The lowest BCUT2D eigenvalue weighted by atomic mass is 9.91. The lowest BCUT2D eigenvalue weighted by Crippen LogP contribution is -1.91. The smallest absolute Gasteiger partial charge is 0.127 e. The lowest BCUT2D eigenvalue weighted by Gasteiger charge is -2.13. The average molecular weight is 308 g/mol. The minimum atomic E-state index is 0.669. The molecule has 0 spiro atoms. The van der Waals surface area contributed by atoms with Crippen molar-refractivity contribution in [3.05, 3.63) is 78.4 Å². The van der Waals surface area contributed by atoms with Crippen molar-refractivity contribution in [1.29, 1.82) is 5.26 Å². The van der Waals surface area contributed by atoms with E-state index in [4.69, 9.17) is 4.74 Å². The molecule has 0 fully saturated rings. The highest BCUT2D eigenvalue weighted by Gasteiger charge is 2.14. The summed E-state index contributed by atoms with van der Waals surface area (Å²) >= 11 is 0. The summed E-state index contributed by atoms with van der Waals surface area (Å²) in [4.78, 5) is 0. The minimum absolute atomic E-state index is 0.669. The molecule has 4 aromatic carbocycles. The van der Waals surface area contributed by atoms with Crippen LogP contribution in [-0.2, 0) is 0 Å². The fourth-order valence-corrected chi connectivity index (χ4v) is 3.22. The van der Waals surface area contributed by atoms with Gasteiger partial charge in [0, 0.05) is 21.9 Å². The Kier molecular flexibility index (Phi) is 3.40. The highest BCUT2D eigenvalue weighted by molar-refractivity contribution is 6.04. The van der Waals surface area contributed by atoms with Crippen molar-refractivity contribution < 1.29 is 4.74 Å². The summed E-state index contributed by atoms with van der Waals surface area (Å²) < 4.78 is 5.55. The van der Waals surface area contributed by atoms with Gasteiger partial charge in [0.15, 0.2) is 0 Å². The van der Waals surface area contributed by atoms with Gasteiger partial charge >= 0.3 is 0 Å². The van der Waals surface area contributed by atoms with Crippen LogP contribution in [0.3, 0.4) is 0 Å². The summed E-state index contributed by atoms with van der Waals surface area (Å²) in [5.74, 6) is 0.788. The molecule has 0 amide bonds. The van der Waals surface area contributed by atoms with Crippen LogP contribution in [0.2, 0.25) is 0 Å². The number of hydrogen-bond acceptors (Lipinski definition) is 2. The molecule has 4 rings (SSSR count). The van der Waals surface area contributed by atoms with Gasteiger partial charge in [-0.05, 0) is 22.9 Å². The highest BCUT2D eigenvalue weighted by atomic mass is 16.5. The van der Waals surface area contributed by atoms with E-state index in [2.05, 4.69) is 12.1 Å². The van der Waals surface area contributed by atoms with Crippen LogP contribution >= 0.6 is 0 Å². The fourth-order valence-electron chi connectivity index (χ4n) is 3.22. The molecule has 2 heteroatoms. The molecule has 0 unspecified atom stereocenters. The quantitative estimate of drug-likeness (QED) is 0.500. The van der Waals surface area contributed by atoms with Crippen LogP contribution in [0.25, 0.3) is 32.7 Å². The van der Waals surface area contributed by atoms with Gasteiger partial charge in [0.1, 0.15) is 11.8 Å². The van der Waals surface area contributed by atoms with E-state index in [1.54, 1.807) is 7.11 Å². The molecule has 0 aliphatic carbocycles. The second kappa shape index (κ2) is 5.72. The predicted molar refractivity (Wildman–Crippen MR) is 97.0 cm³/mol. The maximum atomic E-state index is 9.78. The van der Waals surface area contributed by atoms with E-state index in [1.165, 1.54) is 0 Å². The topological polar surface area (TPSA) is 33.0 Å². The van der Waals surface area contributed by atoms with Gasteiger partial charge in [0.05, 0.1) is 12.7 Å². The van der Waals surface area contributed by atoms with Crippen molar-refractivity contribution in [2.75, 3.05) is 7.11 Å². The van der Waals surface area contributed by atoms with E-state index in [-0.39, 0.29) is 0 Å². The van der Waals surface area contributed by atoms with E-state index >= 15 is 0 Å². The molecule has 0 saturated heterocycles. The molecule has 4 aromatic rings. The molecule has 24 heavy (non-hydrogen) atoms. The molecule has 0 N–H and O–H groups in total. The van der Waals surface area contributed by atoms with Crippen LogP contribution in [0.1, 0.15) is 5.56 Å². The Labute approximate surface area is 140 Å². The molecule has 0 aliphatic heterocycles. The van der Waals surface area contributed by atoms with Crippen molar-refractivity contribution in [3.63, 3.8) is 0 Å². The van der Waals surface area contributed by atoms with Gasteiger partial charge in [-0.2, -0.15) is 5.26 Å². The molecule has 2 nitrogen and oxygen atoms in total. The number of benzene rings is 4. The molecule has 0 aliphatic rings. The first kappa shape index (κ1) is 14.3. The Bertz CT molecular complexity index is 1100. The van der Waals surface area contributed by atoms with Gasteiger partial charge in [-0.1, -0.05) is 60.7 Å². The standard InChI is InChI=1S/C22H14NO/c1-24-21-11-5-8-16-7-4-10-19(22(16)21)18-13-12-15-6-2-3-9-17(15)20(18)14-23/h2-9,11-13H,1H3. The first-order chi connectivity index (χ1) is 11.8. The van der Waals surface area contributed by atoms with Gasteiger partial charge in [-0.15, -0.1) is 0 Å². The Morgan fingerprint density at radius 3 is 2.58 bits per heavy atom. The summed E-state index contributed by atoms with van der Waals surface area (Å²) in [6.07, 6.45) is 0. The molecule has 113 valence electrons. The van der Waals surface area contributed by atoms with Crippen LogP contribution < -0.4 is 4.74 Å². The predicted octanol–water partition coefficient (Wildman–Crippen LogP) is 5.34. The zero-order valence-corrected chi connectivity index (χ0v) is 13.2. The molecule has 0 saturated carbocycles. The molecule has 1 radical (unpaired) electrons. The maximum absolute atomic E-state index is 9.78. The third kappa shape index (κ3) is 2.11. The number of fused-ring (bicyclic) bond motifs is 2. The second-order valence-electron chi connectivity index (χ2n) is 5.60. The highest BCUT2D eigenvalue weighted by Crippen LogP contribution is 2.38. The van der Waals surface area contributed by atoms with Gasteiger partial charge in [-0.3, -0.25) is 0 Å². The first-order valence-electron chi connectivity index (χ1n) is 7.73. The van der Waals surface area contributed by atoms with E-state index < -0.39 is 0 Å². The third-order valence-corrected chi connectivity index (χ3v) is 4.33. The number of methoxy groups -OCH3 is 1. The summed E-state index contributed by atoms with van der Waals surface area (Å²) in [6, 6.07) is 27.5. The summed E-state index contributed by atoms with van der Waals surface area (Å²) in [7, 11) is 1.66. The molecular weight excluding hydrogens is 294 g/mol. The maximum Gasteiger partial charge on any atom is 0.127 e. The van der Waals surface area contributed by atoms with Crippen molar-refractivity contribution in [2.45, 2.75) is 0 Å². The summed E-state index contributed by atoms with van der Waals surface area (Å²) in [5.41, 5.74) is 2.45. The summed E-state index contributed by atoms with van der Waals surface area (Å²) in [6.45, 7) is 0. The Hall–Kier alpha value is -3.31. The number of nitrogens with zero attached hydrogens (tertiary/aromatic N) is 1. The van der Waals surface area contributed by atoms with Crippen LogP contribution in [0, 0.1) is 17.4 Å². The van der Waals surface area contributed by atoms with Gasteiger partial charge in [0.2, 0.25) is 0 Å². The number of rotatable bonds is 2. The summed E-state index contributed by atoms with van der Waals surface area (Å²) in [5, 5.41) is 13.8. The Morgan fingerprint density at radius 2 is 1.75 bits per heavy atom. The number of ether oxygens (including phenoxy) is 1.